The van der Waals surface area contributed by atoms with Gasteiger partial charge < -0.3 is 10.2 Å². The molecule has 0 bridgehead atoms. The van der Waals surface area contributed by atoms with Gasteiger partial charge in [-0.15, -0.1) is 0 Å². The van der Waals surface area contributed by atoms with Gasteiger partial charge in [-0.05, 0) is 31.0 Å². The minimum absolute atomic E-state index is 0.932. The van der Waals surface area contributed by atoms with Crippen molar-refractivity contribution in [2.75, 3.05) is 25.0 Å². The van der Waals surface area contributed by atoms with Crippen LogP contribution in [0.25, 0.3) is 0 Å². The summed E-state index contributed by atoms with van der Waals surface area (Å²) in [6.07, 6.45) is 0. The van der Waals surface area contributed by atoms with E-state index in [0.29, 0.717) is 0 Å². The third kappa shape index (κ3) is 4.10. The van der Waals surface area contributed by atoms with Gasteiger partial charge in [0, 0.05) is 32.4 Å². The molecule has 2 aromatic rings. The van der Waals surface area contributed by atoms with Gasteiger partial charge in [-0.1, -0.05) is 48.0 Å². The summed E-state index contributed by atoms with van der Waals surface area (Å²) in [6, 6.07) is 17.2. The van der Waals surface area contributed by atoms with Crippen LogP contribution in [0, 0.1) is 13.8 Å². The minimum atomic E-state index is 0.932. The number of nitrogens with one attached hydrogen (secondary N) is 1. The Morgan fingerprint density at radius 2 is 1.75 bits per heavy atom. The lowest BCUT2D eigenvalue weighted by Crippen LogP contribution is -2.29. The van der Waals surface area contributed by atoms with Gasteiger partial charge in [-0.2, -0.15) is 0 Å². The van der Waals surface area contributed by atoms with Crippen LogP contribution in [0.4, 0.5) is 5.69 Å². The fourth-order valence-electron chi connectivity index (χ4n) is 2.43. The first-order valence-electron chi connectivity index (χ1n) is 7.20. The SMILES string of the molecule is Cc1ccc(N(C)CCNCc2ccccc2)c(C)c1. The zero-order valence-electron chi connectivity index (χ0n) is 12.7. The van der Waals surface area contributed by atoms with Crippen LogP contribution in [0.2, 0.25) is 0 Å². The van der Waals surface area contributed by atoms with Crippen LogP contribution in [0.3, 0.4) is 0 Å². The fraction of sp³-hybridized carbons (Fsp3) is 0.333. The van der Waals surface area contributed by atoms with Gasteiger partial charge in [0.2, 0.25) is 0 Å². The second kappa shape index (κ2) is 7.11. The quantitative estimate of drug-likeness (QED) is 0.806. The van der Waals surface area contributed by atoms with E-state index in [0.717, 1.165) is 19.6 Å². The maximum absolute atomic E-state index is 3.49. The molecule has 106 valence electrons. The lowest BCUT2D eigenvalue weighted by Gasteiger charge is -2.22. The van der Waals surface area contributed by atoms with Gasteiger partial charge in [-0.25, -0.2) is 0 Å². The molecule has 0 saturated heterocycles. The molecule has 0 spiro atoms. The molecule has 2 heteroatoms. The molecule has 2 rings (SSSR count). The summed E-state index contributed by atoms with van der Waals surface area (Å²) in [5.74, 6) is 0. The van der Waals surface area contributed by atoms with Crippen LogP contribution >= 0.6 is 0 Å². The zero-order chi connectivity index (χ0) is 14.4. The van der Waals surface area contributed by atoms with Crippen LogP contribution in [0.15, 0.2) is 48.5 Å². The second-order valence-electron chi connectivity index (χ2n) is 5.37. The number of aryl methyl sites for hydroxylation is 2. The van der Waals surface area contributed by atoms with Crippen LogP contribution in [0.5, 0.6) is 0 Å². The second-order valence-corrected chi connectivity index (χ2v) is 5.37. The summed E-state index contributed by atoms with van der Waals surface area (Å²) >= 11 is 0. The van der Waals surface area contributed by atoms with Crippen LogP contribution in [0.1, 0.15) is 16.7 Å². The molecular formula is C18H24N2. The van der Waals surface area contributed by atoms with Crippen LogP contribution in [-0.4, -0.2) is 20.1 Å². The Balaban J connectivity index is 1.79. The summed E-state index contributed by atoms with van der Waals surface area (Å²) < 4.78 is 0. The van der Waals surface area contributed by atoms with E-state index in [1.165, 1.54) is 22.4 Å². The molecule has 0 amide bonds. The Morgan fingerprint density at radius 1 is 1.00 bits per heavy atom. The minimum Gasteiger partial charge on any atom is -0.373 e. The van der Waals surface area contributed by atoms with Crippen molar-refractivity contribution in [3.8, 4) is 0 Å². The summed E-state index contributed by atoms with van der Waals surface area (Å²) in [7, 11) is 2.15. The molecule has 0 aliphatic heterocycles. The maximum atomic E-state index is 3.49. The van der Waals surface area contributed by atoms with Crippen molar-refractivity contribution in [1.29, 1.82) is 0 Å². The standard InChI is InChI=1S/C18H24N2/c1-15-9-10-18(16(2)13-15)20(3)12-11-19-14-17-7-5-4-6-8-17/h4-10,13,19H,11-12,14H2,1-3H3. The van der Waals surface area contributed by atoms with Crippen molar-refractivity contribution in [2.45, 2.75) is 20.4 Å². The number of hydrogen-bond donors (Lipinski definition) is 1. The lowest BCUT2D eigenvalue weighted by molar-refractivity contribution is 0.679. The predicted molar refractivity (Wildman–Crippen MR) is 87.3 cm³/mol. The average Bonchev–Trinajstić information content (AvgIpc) is 2.44. The first kappa shape index (κ1) is 14.6. The lowest BCUT2D eigenvalue weighted by atomic mass is 10.1. The molecule has 0 atom stereocenters. The third-order valence-corrected chi connectivity index (χ3v) is 3.56. The molecule has 0 aliphatic rings. The number of hydrogen-bond acceptors (Lipinski definition) is 2. The molecule has 0 aromatic heterocycles. The van der Waals surface area contributed by atoms with E-state index in [1.807, 2.05) is 0 Å². The van der Waals surface area contributed by atoms with Crippen molar-refractivity contribution in [3.63, 3.8) is 0 Å². The van der Waals surface area contributed by atoms with Crippen LogP contribution < -0.4 is 10.2 Å². The van der Waals surface area contributed by atoms with Gasteiger partial charge in [0.25, 0.3) is 0 Å². The van der Waals surface area contributed by atoms with Crippen molar-refractivity contribution in [3.05, 3.63) is 65.2 Å². The largest absolute Gasteiger partial charge is 0.373 e. The molecule has 20 heavy (non-hydrogen) atoms. The summed E-state index contributed by atoms with van der Waals surface area (Å²) in [4.78, 5) is 2.31. The van der Waals surface area contributed by atoms with Gasteiger partial charge in [0.15, 0.2) is 0 Å². The van der Waals surface area contributed by atoms with Crippen molar-refractivity contribution in [1.82, 2.24) is 5.32 Å². The molecule has 0 saturated carbocycles. The highest BCUT2D eigenvalue weighted by molar-refractivity contribution is 5.53. The van der Waals surface area contributed by atoms with E-state index in [9.17, 15) is 0 Å². The molecule has 0 aliphatic carbocycles. The van der Waals surface area contributed by atoms with E-state index in [1.54, 1.807) is 0 Å². The van der Waals surface area contributed by atoms with E-state index in [-0.39, 0.29) is 0 Å². The Bertz CT molecular complexity index is 534. The van der Waals surface area contributed by atoms with Gasteiger partial charge in [0.05, 0.1) is 0 Å². The molecule has 0 heterocycles. The highest BCUT2D eigenvalue weighted by Crippen LogP contribution is 2.19. The monoisotopic (exact) mass is 268 g/mol. The summed E-state index contributed by atoms with van der Waals surface area (Å²) in [5, 5.41) is 3.49. The number of anilines is 1. The molecular weight excluding hydrogens is 244 g/mol. The summed E-state index contributed by atoms with van der Waals surface area (Å²) in [5.41, 5.74) is 5.32. The van der Waals surface area contributed by atoms with E-state index < -0.39 is 0 Å². The topological polar surface area (TPSA) is 15.3 Å². The highest BCUT2D eigenvalue weighted by atomic mass is 15.1. The third-order valence-electron chi connectivity index (χ3n) is 3.56. The zero-order valence-corrected chi connectivity index (χ0v) is 12.7. The van der Waals surface area contributed by atoms with E-state index >= 15 is 0 Å². The molecule has 0 fully saturated rings. The van der Waals surface area contributed by atoms with Crippen LogP contribution in [-0.2, 0) is 6.54 Å². The molecule has 0 unspecified atom stereocenters. The highest BCUT2D eigenvalue weighted by Gasteiger charge is 2.04. The normalized spacial score (nSPS) is 10.6. The molecule has 2 aromatic carbocycles. The van der Waals surface area contributed by atoms with Crippen molar-refractivity contribution >= 4 is 5.69 Å². The first-order chi connectivity index (χ1) is 9.66. The van der Waals surface area contributed by atoms with Gasteiger partial charge in [-0.3, -0.25) is 0 Å². The predicted octanol–water partition coefficient (Wildman–Crippen LogP) is 3.53. The van der Waals surface area contributed by atoms with Crippen molar-refractivity contribution in [2.24, 2.45) is 0 Å². The number of likely N-dealkylation sites (N-methyl/N-ethyl adjacent to an activating group) is 1. The van der Waals surface area contributed by atoms with E-state index in [4.69, 9.17) is 0 Å². The first-order valence-corrected chi connectivity index (χ1v) is 7.20. The number of rotatable bonds is 6. The Kier molecular flexibility index (Phi) is 5.19. The van der Waals surface area contributed by atoms with Gasteiger partial charge in [0.1, 0.15) is 0 Å². The molecule has 2 nitrogen and oxygen atoms in total. The van der Waals surface area contributed by atoms with Gasteiger partial charge >= 0.3 is 0 Å². The molecule has 1 N–H and O–H groups in total. The Morgan fingerprint density at radius 3 is 2.45 bits per heavy atom. The fourth-order valence-corrected chi connectivity index (χ4v) is 2.43. The maximum Gasteiger partial charge on any atom is 0.0393 e. The number of benzene rings is 2. The summed E-state index contributed by atoms with van der Waals surface area (Å²) in [6.45, 7) is 7.24. The Labute approximate surface area is 122 Å². The number of nitrogens with zero attached hydrogens (tertiary/aromatic N) is 1. The van der Waals surface area contributed by atoms with Crippen molar-refractivity contribution < 1.29 is 0 Å². The Hall–Kier alpha value is -1.80. The smallest absolute Gasteiger partial charge is 0.0393 e. The van der Waals surface area contributed by atoms with E-state index in [2.05, 4.69) is 79.6 Å². The average molecular weight is 268 g/mol. The molecule has 0 radical (unpaired) electrons.